The highest BCUT2D eigenvalue weighted by Gasteiger charge is 2.18. The first-order chi connectivity index (χ1) is 10.7. The Labute approximate surface area is 138 Å². The van der Waals surface area contributed by atoms with E-state index in [1.807, 2.05) is 39.8 Å². The number of aromatic nitrogens is 1. The van der Waals surface area contributed by atoms with Gasteiger partial charge in [0, 0.05) is 32.4 Å². The Bertz CT molecular complexity index is 512. The molecule has 0 saturated carbocycles. The minimum Gasteiger partial charge on any atom is -0.444 e. The molecule has 6 heteroatoms. The second-order valence-corrected chi connectivity index (χ2v) is 6.50. The smallest absolute Gasteiger partial charge is 0.407 e. The van der Waals surface area contributed by atoms with Gasteiger partial charge in [0.05, 0.1) is 6.04 Å². The van der Waals surface area contributed by atoms with Crippen molar-refractivity contribution >= 4 is 12.0 Å². The summed E-state index contributed by atoms with van der Waals surface area (Å²) in [7, 11) is 1.78. The molecule has 1 aromatic heterocycles. The highest BCUT2D eigenvalue weighted by atomic mass is 16.6. The van der Waals surface area contributed by atoms with Crippen LogP contribution in [0.5, 0.6) is 0 Å². The Balaban J connectivity index is 2.32. The van der Waals surface area contributed by atoms with E-state index in [9.17, 15) is 9.59 Å². The summed E-state index contributed by atoms with van der Waals surface area (Å²) in [5, 5.41) is 2.65. The Kier molecular flexibility index (Phi) is 7.00. The summed E-state index contributed by atoms with van der Waals surface area (Å²) in [5.41, 5.74) is 0.481. The van der Waals surface area contributed by atoms with Gasteiger partial charge >= 0.3 is 6.09 Å². The normalized spacial score (nSPS) is 12.4. The maximum Gasteiger partial charge on any atom is 0.407 e. The zero-order valence-electron chi connectivity index (χ0n) is 14.6. The van der Waals surface area contributed by atoms with Crippen LogP contribution in [0.3, 0.4) is 0 Å². The average Bonchev–Trinajstić information content (AvgIpc) is 2.49. The first-order valence-electron chi connectivity index (χ1n) is 7.83. The first kappa shape index (κ1) is 18.9. The van der Waals surface area contributed by atoms with Gasteiger partial charge < -0.3 is 15.0 Å². The number of carbonyl (C=O) groups excluding carboxylic acids is 2. The molecule has 23 heavy (non-hydrogen) atoms. The number of amides is 2. The van der Waals surface area contributed by atoms with E-state index >= 15 is 0 Å². The predicted octanol–water partition coefficient (Wildman–Crippen LogP) is 2.91. The van der Waals surface area contributed by atoms with Crippen LogP contribution in [-0.4, -0.2) is 41.1 Å². The number of hydrogen-bond donors (Lipinski definition) is 1. The molecule has 0 aromatic carbocycles. The average molecular weight is 321 g/mol. The van der Waals surface area contributed by atoms with Crippen LogP contribution in [0.4, 0.5) is 4.79 Å². The fourth-order valence-corrected chi connectivity index (χ4v) is 1.98. The van der Waals surface area contributed by atoms with Crippen LogP contribution in [0, 0.1) is 0 Å². The molecule has 2 amide bonds. The lowest BCUT2D eigenvalue weighted by Crippen LogP contribution is -2.34. The molecule has 6 nitrogen and oxygen atoms in total. The van der Waals surface area contributed by atoms with Gasteiger partial charge in [-0.15, -0.1) is 0 Å². The molecular weight excluding hydrogens is 294 g/mol. The molecular formula is C17H27N3O3. The number of carbonyl (C=O) groups is 2. The van der Waals surface area contributed by atoms with Gasteiger partial charge in [-0.05, 0) is 45.7 Å². The molecule has 0 spiro atoms. The van der Waals surface area contributed by atoms with Gasteiger partial charge in [-0.3, -0.25) is 9.78 Å². The van der Waals surface area contributed by atoms with Crippen molar-refractivity contribution in [3.63, 3.8) is 0 Å². The van der Waals surface area contributed by atoms with Crippen molar-refractivity contribution in [2.75, 3.05) is 13.6 Å². The number of alkyl carbamates (subject to hydrolysis) is 1. The minimum atomic E-state index is -0.515. The molecule has 1 unspecified atom stereocenters. The molecule has 0 aliphatic heterocycles. The summed E-state index contributed by atoms with van der Waals surface area (Å²) in [4.78, 5) is 29.5. The topological polar surface area (TPSA) is 71.5 Å². The summed E-state index contributed by atoms with van der Waals surface area (Å²) >= 11 is 0. The van der Waals surface area contributed by atoms with Gasteiger partial charge in [0.25, 0.3) is 0 Å². The van der Waals surface area contributed by atoms with Crippen LogP contribution in [0.2, 0.25) is 0 Å². The van der Waals surface area contributed by atoms with Crippen molar-refractivity contribution in [2.24, 2.45) is 0 Å². The van der Waals surface area contributed by atoms with Gasteiger partial charge in [0.15, 0.2) is 0 Å². The van der Waals surface area contributed by atoms with Gasteiger partial charge in [0.1, 0.15) is 5.60 Å². The van der Waals surface area contributed by atoms with E-state index in [-0.39, 0.29) is 11.9 Å². The van der Waals surface area contributed by atoms with Crippen molar-refractivity contribution in [3.05, 3.63) is 30.1 Å². The van der Waals surface area contributed by atoms with Crippen LogP contribution in [0.1, 0.15) is 52.1 Å². The summed E-state index contributed by atoms with van der Waals surface area (Å²) < 4.78 is 5.14. The summed E-state index contributed by atoms with van der Waals surface area (Å²) in [6, 6.07) is 3.77. The van der Waals surface area contributed by atoms with Crippen LogP contribution in [-0.2, 0) is 9.53 Å². The molecule has 0 aliphatic carbocycles. The minimum absolute atomic E-state index is 0.0324. The number of ether oxygens (including phenoxy) is 1. The van der Waals surface area contributed by atoms with Gasteiger partial charge in [-0.1, -0.05) is 6.07 Å². The zero-order chi connectivity index (χ0) is 17.5. The molecule has 1 N–H and O–H groups in total. The molecule has 1 rings (SSSR count). The standard InChI is InChI=1S/C17H27N3O3/c1-13(14-8-6-10-18-12-14)20(5)15(21)9-7-11-19-16(22)23-17(2,3)4/h6,8,10,12-13H,7,9,11H2,1-5H3,(H,19,22). The van der Waals surface area contributed by atoms with Crippen LogP contribution >= 0.6 is 0 Å². The molecule has 0 fully saturated rings. The molecule has 0 saturated heterocycles. The largest absolute Gasteiger partial charge is 0.444 e. The van der Waals surface area contributed by atoms with Gasteiger partial charge in [-0.25, -0.2) is 4.79 Å². The number of hydrogen-bond acceptors (Lipinski definition) is 4. The molecule has 0 aliphatic rings. The quantitative estimate of drug-likeness (QED) is 0.818. The monoisotopic (exact) mass is 321 g/mol. The third-order valence-corrected chi connectivity index (χ3v) is 3.38. The third-order valence-electron chi connectivity index (χ3n) is 3.38. The van der Waals surface area contributed by atoms with E-state index in [4.69, 9.17) is 4.74 Å². The fourth-order valence-electron chi connectivity index (χ4n) is 1.98. The van der Waals surface area contributed by atoms with Crippen LogP contribution < -0.4 is 5.32 Å². The van der Waals surface area contributed by atoms with Gasteiger partial charge in [-0.2, -0.15) is 0 Å². The number of pyridine rings is 1. The van der Waals surface area contributed by atoms with E-state index in [1.54, 1.807) is 24.3 Å². The highest BCUT2D eigenvalue weighted by Crippen LogP contribution is 2.18. The molecule has 1 atom stereocenters. The van der Waals surface area contributed by atoms with Crippen LogP contribution in [0.15, 0.2) is 24.5 Å². The highest BCUT2D eigenvalue weighted by molar-refractivity contribution is 5.76. The van der Waals surface area contributed by atoms with Crippen molar-refractivity contribution in [2.45, 2.75) is 52.2 Å². The lowest BCUT2D eigenvalue weighted by molar-refractivity contribution is -0.131. The lowest BCUT2D eigenvalue weighted by Gasteiger charge is -2.25. The summed E-state index contributed by atoms with van der Waals surface area (Å²) in [6.07, 6.45) is 3.96. The molecule has 0 radical (unpaired) electrons. The first-order valence-corrected chi connectivity index (χ1v) is 7.83. The second-order valence-electron chi connectivity index (χ2n) is 6.50. The van der Waals surface area contributed by atoms with E-state index in [0.717, 1.165) is 5.56 Å². The third kappa shape index (κ3) is 7.13. The predicted molar refractivity (Wildman–Crippen MR) is 88.9 cm³/mol. The summed E-state index contributed by atoms with van der Waals surface area (Å²) in [6.45, 7) is 7.81. The van der Waals surface area contributed by atoms with E-state index < -0.39 is 11.7 Å². The Morgan fingerprint density at radius 1 is 1.39 bits per heavy atom. The Morgan fingerprint density at radius 2 is 2.09 bits per heavy atom. The molecule has 128 valence electrons. The van der Waals surface area contributed by atoms with E-state index in [0.29, 0.717) is 19.4 Å². The van der Waals surface area contributed by atoms with E-state index in [2.05, 4.69) is 10.3 Å². The van der Waals surface area contributed by atoms with Crippen molar-refractivity contribution in [3.8, 4) is 0 Å². The van der Waals surface area contributed by atoms with Crippen molar-refractivity contribution in [1.82, 2.24) is 15.2 Å². The van der Waals surface area contributed by atoms with Crippen molar-refractivity contribution < 1.29 is 14.3 Å². The SMILES string of the molecule is CC(c1cccnc1)N(C)C(=O)CCCNC(=O)OC(C)(C)C. The number of nitrogens with one attached hydrogen (secondary N) is 1. The number of nitrogens with zero attached hydrogens (tertiary/aromatic N) is 2. The Hall–Kier alpha value is -2.11. The second kappa shape index (κ2) is 8.50. The number of rotatable bonds is 6. The maximum absolute atomic E-state index is 12.2. The lowest BCUT2D eigenvalue weighted by atomic mass is 10.1. The van der Waals surface area contributed by atoms with E-state index in [1.165, 1.54) is 0 Å². The fraction of sp³-hybridized carbons (Fsp3) is 0.588. The van der Waals surface area contributed by atoms with Gasteiger partial charge in [0.2, 0.25) is 5.91 Å². The molecule has 0 bridgehead atoms. The van der Waals surface area contributed by atoms with Crippen molar-refractivity contribution in [1.29, 1.82) is 0 Å². The summed E-state index contributed by atoms with van der Waals surface area (Å²) in [5.74, 6) is 0.0346. The Morgan fingerprint density at radius 3 is 2.65 bits per heavy atom. The molecule has 1 aromatic rings. The molecule has 1 heterocycles. The zero-order valence-corrected chi connectivity index (χ0v) is 14.6. The van der Waals surface area contributed by atoms with Crippen LogP contribution in [0.25, 0.3) is 0 Å². The maximum atomic E-state index is 12.2.